The lowest BCUT2D eigenvalue weighted by Gasteiger charge is -2.36. The number of carbonyl (C=O) groups is 2. The van der Waals surface area contributed by atoms with E-state index < -0.39 is 34.0 Å². The third-order valence-electron chi connectivity index (χ3n) is 8.66. The summed E-state index contributed by atoms with van der Waals surface area (Å²) in [7, 11) is -2.49. The summed E-state index contributed by atoms with van der Waals surface area (Å²) in [6.07, 6.45) is 0.740. The molecule has 2 atom stereocenters. The lowest BCUT2D eigenvalue weighted by Crippen LogP contribution is -2.48. The number of nitrogens with zero attached hydrogens (tertiary/aromatic N) is 1. The molecule has 2 unspecified atom stereocenters. The summed E-state index contributed by atoms with van der Waals surface area (Å²) < 4.78 is 39.7. The van der Waals surface area contributed by atoms with Gasteiger partial charge in [0.15, 0.2) is 0 Å². The van der Waals surface area contributed by atoms with E-state index >= 15 is 0 Å². The fourth-order valence-corrected chi connectivity index (χ4v) is 7.68. The average Bonchev–Trinajstić information content (AvgIpc) is 3.07. The van der Waals surface area contributed by atoms with Gasteiger partial charge < -0.3 is 14.8 Å². The summed E-state index contributed by atoms with van der Waals surface area (Å²) in [6.45, 7) is 8.39. The zero-order chi connectivity index (χ0) is 34.5. The van der Waals surface area contributed by atoms with Crippen molar-refractivity contribution < 1.29 is 27.5 Å². The molecule has 4 aromatic rings. The maximum absolute atomic E-state index is 14.4. The zero-order valence-corrected chi connectivity index (χ0v) is 29.0. The Kier molecular flexibility index (Phi) is 10.7. The van der Waals surface area contributed by atoms with E-state index in [1.165, 1.54) is 17.0 Å². The number of hydrogen-bond donors (Lipinski definition) is 1. The van der Waals surface area contributed by atoms with Gasteiger partial charge in [-0.3, -0.25) is 9.59 Å². The molecular weight excluding hydrogens is 625 g/mol. The van der Waals surface area contributed by atoms with Gasteiger partial charge in [0, 0.05) is 6.54 Å². The molecule has 252 valence electrons. The van der Waals surface area contributed by atoms with Gasteiger partial charge in [-0.25, -0.2) is 8.42 Å². The summed E-state index contributed by atoms with van der Waals surface area (Å²) >= 11 is 0. The smallest absolute Gasteiger partial charge is 0.307 e. The quantitative estimate of drug-likeness (QED) is 0.166. The molecule has 0 aromatic heterocycles. The van der Waals surface area contributed by atoms with Crippen molar-refractivity contribution >= 4 is 21.9 Å². The Labute approximate surface area is 284 Å². The first-order chi connectivity index (χ1) is 22.9. The van der Waals surface area contributed by atoms with Crippen molar-refractivity contribution in [2.45, 2.75) is 64.5 Å². The molecule has 1 aliphatic rings. The topological polar surface area (TPSA) is 102 Å². The van der Waals surface area contributed by atoms with Crippen LogP contribution in [0, 0.1) is 0 Å². The average molecular weight is 669 g/mol. The predicted octanol–water partition coefficient (Wildman–Crippen LogP) is 7.50. The van der Waals surface area contributed by atoms with Crippen molar-refractivity contribution in [2.24, 2.45) is 0 Å². The van der Waals surface area contributed by atoms with Crippen molar-refractivity contribution in [2.75, 3.05) is 19.4 Å². The third-order valence-corrected chi connectivity index (χ3v) is 10.7. The van der Waals surface area contributed by atoms with Crippen LogP contribution in [0.25, 0.3) is 11.1 Å². The molecule has 1 heterocycles. The van der Waals surface area contributed by atoms with Gasteiger partial charge >= 0.3 is 5.97 Å². The standard InChI is InChI=1S/C39H44N2O6S/c1-6-24-48(44,45)41-23-22-29-16-19-33(47-32-20-17-31(18-21-32)39(2,3)4)25-34(29)37(41)38(43)40-35(26-36(42)46-5)30-14-12-28(13-15-30)27-10-8-7-9-11-27/h7-21,25,35,37H,6,22-24,26H2,1-5H3,(H,40,43). The third kappa shape index (κ3) is 8.14. The summed E-state index contributed by atoms with van der Waals surface area (Å²) in [5, 5.41) is 3.02. The maximum Gasteiger partial charge on any atom is 0.307 e. The minimum atomic E-state index is -3.79. The van der Waals surface area contributed by atoms with Gasteiger partial charge in [0.05, 0.1) is 25.3 Å². The van der Waals surface area contributed by atoms with Crippen LogP contribution in [0.5, 0.6) is 11.5 Å². The highest BCUT2D eigenvalue weighted by Gasteiger charge is 2.40. The van der Waals surface area contributed by atoms with E-state index in [1.54, 1.807) is 13.0 Å². The van der Waals surface area contributed by atoms with Gasteiger partial charge in [0.25, 0.3) is 0 Å². The van der Waals surface area contributed by atoms with Crippen molar-refractivity contribution in [3.05, 3.63) is 119 Å². The van der Waals surface area contributed by atoms with Crippen molar-refractivity contribution in [3.63, 3.8) is 0 Å². The number of ether oxygens (including phenoxy) is 2. The Morgan fingerprint density at radius 3 is 2.17 bits per heavy atom. The van der Waals surface area contributed by atoms with Crippen molar-refractivity contribution in [1.82, 2.24) is 9.62 Å². The maximum atomic E-state index is 14.4. The molecule has 1 amide bonds. The zero-order valence-electron chi connectivity index (χ0n) is 28.2. The number of sulfonamides is 1. The highest BCUT2D eigenvalue weighted by atomic mass is 32.2. The van der Waals surface area contributed by atoms with Gasteiger partial charge in [-0.05, 0) is 75.9 Å². The number of benzene rings is 4. The van der Waals surface area contributed by atoms with E-state index in [0.29, 0.717) is 35.5 Å². The molecule has 48 heavy (non-hydrogen) atoms. The van der Waals surface area contributed by atoms with E-state index in [-0.39, 0.29) is 24.1 Å². The molecule has 0 radical (unpaired) electrons. The Hall–Kier alpha value is -4.47. The van der Waals surface area contributed by atoms with Crippen LogP contribution in [-0.2, 0) is 36.2 Å². The SMILES string of the molecule is CCCS(=O)(=O)N1CCc2ccc(Oc3ccc(C(C)(C)C)cc3)cc2C1C(=O)NC(CC(=O)OC)c1ccc(-c2ccccc2)cc1. The molecule has 0 aliphatic carbocycles. The van der Waals surface area contributed by atoms with Crippen LogP contribution >= 0.6 is 0 Å². The van der Waals surface area contributed by atoms with E-state index in [9.17, 15) is 18.0 Å². The van der Waals surface area contributed by atoms with E-state index in [2.05, 4.69) is 26.1 Å². The number of fused-ring (bicyclic) bond motifs is 1. The van der Waals surface area contributed by atoms with Crippen LogP contribution in [0.1, 0.15) is 74.9 Å². The monoisotopic (exact) mass is 668 g/mol. The summed E-state index contributed by atoms with van der Waals surface area (Å²) in [5.41, 5.74) is 5.31. The first-order valence-corrected chi connectivity index (χ1v) is 17.9. The number of hydrogen-bond acceptors (Lipinski definition) is 6. The molecule has 1 aliphatic heterocycles. The molecule has 5 rings (SSSR count). The lowest BCUT2D eigenvalue weighted by atomic mass is 9.87. The second-order valence-electron chi connectivity index (χ2n) is 13.1. The van der Waals surface area contributed by atoms with Crippen LogP contribution in [0.15, 0.2) is 97.1 Å². The molecule has 0 bridgehead atoms. The molecule has 0 spiro atoms. The van der Waals surface area contributed by atoms with Crippen LogP contribution in [0.3, 0.4) is 0 Å². The second kappa shape index (κ2) is 14.7. The normalized spacial score (nSPS) is 15.6. The highest BCUT2D eigenvalue weighted by Crippen LogP contribution is 2.37. The highest BCUT2D eigenvalue weighted by molar-refractivity contribution is 7.89. The van der Waals surface area contributed by atoms with Gasteiger partial charge in [0.1, 0.15) is 17.5 Å². The van der Waals surface area contributed by atoms with Crippen LogP contribution in [-0.4, -0.2) is 44.0 Å². The van der Waals surface area contributed by atoms with Gasteiger partial charge in [-0.15, -0.1) is 0 Å². The molecule has 0 fully saturated rings. The number of amides is 1. The first kappa shape index (κ1) is 34.9. The van der Waals surface area contributed by atoms with Crippen molar-refractivity contribution in [3.8, 4) is 22.6 Å². The van der Waals surface area contributed by atoms with Crippen LogP contribution < -0.4 is 10.1 Å². The Morgan fingerprint density at radius 1 is 0.896 bits per heavy atom. The summed E-state index contributed by atoms with van der Waals surface area (Å²) in [6, 6.07) is 29.0. The molecule has 9 heteroatoms. The molecular formula is C39H44N2O6S. The Bertz CT molecular complexity index is 1830. The number of rotatable bonds is 11. The lowest BCUT2D eigenvalue weighted by molar-refractivity contribution is -0.141. The minimum absolute atomic E-state index is 0.00592. The molecule has 0 saturated heterocycles. The van der Waals surface area contributed by atoms with Gasteiger partial charge in [0.2, 0.25) is 15.9 Å². The van der Waals surface area contributed by atoms with E-state index in [0.717, 1.165) is 16.7 Å². The number of carbonyl (C=O) groups excluding carboxylic acids is 2. The summed E-state index contributed by atoms with van der Waals surface area (Å²) in [4.78, 5) is 26.9. The van der Waals surface area contributed by atoms with Crippen LogP contribution in [0.4, 0.5) is 0 Å². The summed E-state index contributed by atoms with van der Waals surface area (Å²) in [5.74, 6) is 0.0118. The first-order valence-electron chi connectivity index (χ1n) is 16.3. The second-order valence-corrected chi connectivity index (χ2v) is 15.2. The molecule has 1 N–H and O–H groups in total. The number of nitrogens with one attached hydrogen (secondary N) is 1. The van der Waals surface area contributed by atoms with E-state index in [1.807, 2.05) is 91.0 Å². The number of esters is 1. The molecule has 8 nitrogen and oxygen atoms in total. The Morgan fingerprint density at radius 2 is 1.54 bits per heavy atom. The molecule has 0 saturated carbocycles. The largest absolute Gasteiger partial charge is 0.469 e. The van der Waals surface area contributed by atoms with Crippen molar-refractivity contribution in [1.29, 1.82) is 0 Å². The Balaban J connectivity index is 1.48. The minimum Gasteiger partial charge on any atom is -0.469 e. The number of methoxy groups -OCH3 is 1. The van der Waals surface area contributed by atoms with Crippen LogP contribution in [0.2, 0.25) is 0 Å². The van der Waals surface area contributed by atoms with Gasteiger partial charge in [-0.1, -0.05) is 100 Å². The fourth-order valence-electron chi connectivity index (χ4n) is 6.03. The molecule has 4 aromatic carbocycles. The van der Waals surface area contributed by atoms with Gasteiger partial charge in [-0.2, -0.15) is 4.31 Å². The predicted molar refractivity (Wildman–Crippen MR) is 188 cm³/mol. The fraction of sp³-hybridized carbons (Fsp3) is 0.333. The van der Waals surface area contributed by atoms with E-state index in [4.69, 9.17) is 9.47 Å².